The van der Waals surface area contributed by atoms with Gasteiger partial charge in [0.05, 0.1) is 36.4 Å². The van der Waals surface area contributed by atoms with Crippen LogP contribution in [0.4, 0.5) is 9.59 Å². The standard InChI is InChI=1S/C23H25N3O5.C15H22N2O4.2CH4/c1-23(2,3)31-22(30)25-16(12-14-8-10-15(11-9-14)19(24)27)13-26-20(28)17-6-4-5-7-18(17)21(26)29;1-15(2,3)21-14(20)17-12(9-18)8-10-4-6-11(7-5-10)13(16)19;;/h4-11,16H,12-13H2,1-3H3,(H2,24,27)(H,25,30);4-7,12,18H,8-9H2,1-3H3,(H2,16,19)(H,17,20);2*1H4/t;12-;;/m.0../s1. The first-order chi connectivity index (χ1) is 24.3. The van der Waals surface area contributed by atoms with Gasteiger partial charge in [-0.15, -0.1) is 0 Å². The molecule has 0 fully saturated rings. The van der Waals surface area contributed by atoms with Crippen LogP contribution in [0.3, 0.4) is 0 Å². The number of hydrogen-bond acceptors (Lipinski definition) is 9. The molecule has 294 valence electrons. The van der Waals surface area contributed by atoms with Crippen LogP contribution in [0.15, 0.2) is 72.8 Å². The number of primary amides is 2. The first kappa shape index (κ1) is 46.3. The van der Waals surface area contributed by atoms with Crippen LogP contribution in [0.2, 0.25) is 0 Å². The second kappa shape index (κ2) is 19.9. The summed E-state index contributed by atoms with van der Waals surface area (Å²) in [5, 5.41) is 14.7. The second-order valence-corrected chi connectivity index (χ2v) is 14.2. The van der Waals surface area contributed by atoms with E-state index in [4.69, 9.17) is 20.9 Å². The van der Waals surface area contributed by atoms with Gasteiger partial charge in [-0.2, -0.15) is 0 Å². The largest absolute Gasteiger partial charge is 0.444 e. The molecule has 0 spiro atoms. The van der Waals surface area contributed by atoms with Crippen molar-refractivity contribution in [3.63, 3.8) is 0 Å². The van der Waals surface area contributed by atoms with Crippen molar-refractivity contribution in [1.29, 1.82) is 0 Å². The number of rotatable bonds is 11. The predicted molar refractivity (Wildman–Crippen MR) is 206 cm³/mol. The van der Waals surface area contributed by atoms with Gasteiger partial charge in [-0.05, 0) is 102 Å². The van der Waals surface area contributed by atoms with Crippen molar-refractivity contribution >= 4 is 35.8 Å². The lowest BCUT2D eigenvalue weighted by molar-refractivity contribution is 0.0466. The van der Waals surface area contributed by atoms with Crippen LogP contribution in [0.1, 0.15) is 109 Å². The van der Waals surface area contributed by atoms with E-state index >= 15 is 0 Å². The lowest BCUT2D eigenvalue weighted by Crippen LogP contribution is -2.48. The van der Waals surface area contributed by atoms with Crippen LogP contribution in [0, 0.1) is 0 Å². The Hall–Kier alpha value is -5.76. The van der Waals surface area contributed by atoms with Crippen LogP contribution in [0.25, 0.3) is 0 Å². The van der Waals surface area contributed by atoms with Gasteiger partial charge in [0.2, 0.25) is 11.8 Å². The summed E-state index contributed by atoms with van der Waals surface area (Å²) in [5.74, 6) is -1.84. The summed E-state index contributed by atoms with van der Waals surface area (Å²) in [6.07, 6.45) is -0.487. The number of nitrogens with two attached hydrogens (primary N) is 2. The lowest BCUT2D eigenvalue weighted by Gasteiger charge is -2.26. The molecule has 4 rings (SSSR count). The van der Waals surface area contributed by atoms with Crippen molar-refractivity contribution in [3.05, 3.63) is 106 Å². The highest BCUT2D eigenvalue weighted by Crippen LogP contribution is 2.23. The Kier molecular flexibility index (Phi) is 17.0. The molecule has 0 bridgehead atoms. The van der Waals surface area contributed by atoms with Crippen molar-refractivity contribution in [1.82, 2.24) is 15.5 Å². The van der Waals surface area contributed by atoms with Gasteiger partial charge in [0.25, 0.3) is 11.8 Å². The van der Waals surface area contributed by atoms with Crippen molar-refractivity contribution in [2.24, 2.45) is 11.5 Å². The van der Waals surface area contributed by atoms with Crippen molar-refractivity contribution in [2.75, 3.05) is 13.2 Å². The number of nitrogens with one attached hydrogen (secondary N) is 2. The Labute approximate surface area is 317 Å². The molecular weight excluding hydrogens is 694 g/mol. The zero-order valence-corrected chi connectivity index (χ0v) is 30.2. The molecule has 0 aromatic heterocycles. The van der Waals surface area contributed by atoms with E-state index < -0.39 is 59.1 Å². The van der Waals surface area contributed by atoms with E-state index in [0.717, 1.165) is 16.0 Å². The lowest BCUT2D eigenvalue weighted by atomic mass is 10.0. The molecule has 14 nitrogen and oxygen atoms in total. The number of benzene rings is 3. The summed E-state index contributed by atoms with van der Waals surface area (Å²) < 4.78 is 10.5. The SMILES string of the molecule is C.C.CC(C)(C)OC(=O)NC(Cc1ccc(C(N)=O)cc1)CN1C(=O)c2ccccc2C1=O.CC(C)(C)OC(=O)N[C@H](CO)Cc1ccc(C(N)=O)cc1. The number of carbonyl (C=O) groups excluding carboxylic acids is 6. The molecule has 0 radical (unpaired) electrons. The maximum atomic E-state index is 12.7. The molecule has 0 aliphatic carbocycles. The number of aliphatic hydroxyl groups is 1. The molecule has 0 saturated heterocycles. The van der Waals surface area contributed by atoms with E-state index in [2.05, 4.69) is 10.6 Å². The van der Waals surface area contributed by atoms with Gasteiger partial charge in [-0.1, -0.05) is 51.3 Å². The number of hydrogen-bond donors (Lipinski definition) is 5. The molecule has 0 saturated carbocycles. The normalized spacial score (nSPS) is 13.1. The van der Waals surface area contributed by atoms with Crippen molar-refractivity contribution in [2.45, 2.75) is 92.5 Å². The smallest absolute Gasteiger partial charge is 0.407 e. The Morgan fingerprint density at radius 3 is 1.33 bits per heavy atom. The number of ether oxygens (including phenoxy) is 2. The van der Waals surface area contributed by atoms with Crippen LogP contribution >= 0.6 is 0 Å². The van der Waals surface area contributed by atoms with Gasteiger partial charge in [-0.3, -0.25) is 24.1 Å². The number of imide groups is 1. The van der Waals surface area contributed by atoms with Gasteiger partial charge in [0, 0.05) is 11.1 Å². The molecular formula is C40H55N5O9. The van der Waals surface area contributed by atoms with E-state index in [0.29, 0.717) is 35.1 Å². The van der Waals surface area contributed by atoms with E-state index in [1.54, 1.807) is 114 Å². The summed E-state index contributed by atoms with van der Waals surface area (Å²) in [6, 6.07) is 18.8. The van der Waals surface area contributed by atoms with Crippen LogP contribution < -0.4 is 22.1 Å². The zero-order chi connectivity index (χ0) is 38.8. The summed E-state index contributed by atoms with van der Waals surface area (Å²) in [4.78, 5) is 72.9. The average molecular weight is 750 g/mol. The van der Waals surface area contributed by atoms with Crippen LogP contribution in [-0.2, 0) is 22.3 Å². The van der Waals surface area contributed by atoms with Crippen molar-refractivity contribution in [3.8, 4) is 0 Å². The van der Waals surface area contributed by atoms with E-state index in [9.17, 15) is 33.9 Å². The summed E-state index contributed by atoms with van der Waals surface area (Å²) in [6.45, 7) is 10.3. The fourth-order valence-electron chi connectivity index (χ4n) is 5.08. The number of fused-ring (bicyclic) bond motifs is 1. The highest BCUT2D eigenvalue weighted by atomic mass is 16.6. The average Bonchev–Trinajstić information content (AvgIpc) is 3.28. The summed E-state index contributed by atoms with van der Waals surface area (Å²) >= 11 is 0. The highest BCUT2D eigenvalue weighted by molar-refractivity contribution is 6.21. The Morgan fingerprint density at radius 1 is 0.648 bits per heavy atom. The molecule has 54 heavy (non-hydrogen) atoms. The molecule has 1 unspecified atom stereocenters. The van der Waals surface area contributed by atoms with E-state index in [1.807, 2.05) is 0 Å². The maximum Gasteiger partial charge on any atom is 0.407 e. The third-order valence-corrected chi connectivity index (χ3v) is 7.38. The summed E-state index contributed by atoms with van der Waals surface area (Å²) in [5.41, 5.74) is 12.3. The van der Waals surface area contributed by atoms with Gasteiger partial charge in [0.1, 0.15) is 11.2 Å². The minimum atomic E-state index is -0.701. The highest BCUT2D eigenvalue weighted by Gasteiger charge is 2.37. The maximum absolute atomic E-state index is 12.7. The first-order valence-electron chi connectivity index (χ1n) is 16.6. The van der Waals surface area contributed by atoms with Gasteiger partial charge < -0.3 is 36.7 Å². The van der Waals surface area contributed by atoms with Gasteiger partial charge in [0.15, 0.2) is 0 Å². The van der Waals surface area contributed by atoms with E-state index in [1.165, 1.54) is 0 Å². The second-order valence-electron chi connectivity index (χ2n) is 14.2. The van der Waals surface area contributed by atoms with Crippen LogP contribution in [-0.4, -0.2) is 82.3 Å². The topological polar surface area (TPSA) is 220 Å². The van der Waals surface area contributed by atoms with E-state index in [-0.39, 0.29) is 28.0 Å². The third-order valence-electron chi connectivity index (χ3n) is 7.38. The Balaban J connectivity index is 0.000000559. The predicted octanol–water partition coefficient (Wildman–Crippen LogP) is 5.00. The first-order valence-corrected chi connectivity index (χ1v) is 16.6. The molecule has 1 aliphatic rings. The molecule has 14 heteroatoms. The fraction of sp³-hybridized carbons (Fsp3) is 0.400. The molecule has 6 amide bonds. The molecule has 2 atom stereocenters. The monoisotopic (exact) mass is 749 g/mol. The van der Waals surface area contributed by atoms with Crippen LogP contribution in [0.5, 0.6) is 0 Å². The molecule has 1 heterocycles. The Morgan fingerprint density at radius 2 is 1.00 bits per heavy atom. The third kappa shape index (κ3) is 14.3. The molecule has 1 aliphatic heterocycles. The number of carbonyl (C=O) groups is 6. The molecule has 3 aromatic carbocycles. The molecule has 3 aromatic rings. The number of aliphatic hydroxyl groups excluding tert-OH is 1. The minimum Gasteiger partial charge on any atom is -0.444 e. The van der Waals surface area contributed by atoms with Gasteiger partial charge >= 0.3 is 12.2 Å². The summed E-state index contributed by atoms with van der Waals surface area (Å²) in [7, 11) is 0. The number of amides is 6. The number of alkyl carbamates (subject to hydrolysis) is 2. The minimum absolute atomic E-state index is 0. The van der Waals surface area contributed by atoms with Gasteiger partial charge in [-0.25, -0.2) is 9.59 Å². The quantitative estimate of drug-likeness (QED) is 0.166. The zero-order valence-electron chi connectivity index (χ0n) is 30.2. The number of nitrogens with zero attached hydrogens (tertiary/aromatic N) is 1. The fourth-order valence-corrected chi connectivity index (χ4v) is 5.08. The Bertz CT molecular complexity index is 1730. The van der Waals surface area contributed by atoms with Crippen molar-refractivity contribution < 1.29 is 43.3 Å². The molecule has 7 N–H and O–H groups in total.